The average Bonchev–Trinajstić information content (AvgIpc) is 2.43. The lowest BCUT2D eigenvalue weighted by atomic mass is 10.2. The average molecular weight is 333 g/mol. The van der Waals surface area contributed by atoms with Gasteiger partial charge in [-0.3, -0.25) is 0 Å². The molecule has 0 aliphatic heterocycles. The van der Waals surface area contributed by atoms with Gasteiger partial charge in [-0.25, -0.2) is 22.3 Å². The summed E-state index contributed by atoms with van der Waals surface area (Å²) < 4.78 is 42.5. The van der Waals surface area contributed by atoms with E-state index in [-0.39, 0.29) is 25.4 Å². The number of sulfonamides is 1. The van der Waals surface area contributed by atoms with Gasteiger partial charge >= 0.3 is 6.03 Å². The van der Waals surface area contributed by atoms with E-state index in [1.54, 1.807) is 13.0 Å². The smallest absolute Gasteiger partial charge is 0.315 e. The number of carbonyl (C=O) groups excluding carboxylic acids is 1. The fourth-order valence-corrected chi connectivity index (χ4v) is 2.06. The van der Waals surface area contributed by atoms with Crippen molar-refractivity contribution in [3.63, 3.8) is 0 Å². The molecule has 0 aromatic heterocycles. The van der Waals surface area contributed by atoms with E-state index in [4.69, 9.17) is 4.74 Å². The summed E-state index contributed by atoms with van der Waals surface area (Å²) in [4.78, 5) is 11.5. The first-order chi connectivity index (χ1) is 10.3. The normalized spacial score (nSPS) is 11.0. The van der Waals surface area contributed by atoms with Gasteiger partial charge in [0.05, 0.1) is 12.9 Å². The molecule has 0 unspecified atom stereocenters. The molecule has 1 aromatic carbocycles. The van der Waals surface area contributed by atoms with Crippen LogP contribution in [0, 0.1) is 5.82 Å². The molecule has 2 amide bonds. The number of ether oxygens (including phenoxy) is 1. The van der Waals surface area contributed by atoms with Crippen molar-refractivity contribution < 1.29 is 22.3 Å². The molecule has 0 saturated heterocycles. The fourth-order valence-electron chi connectivity index (χ4n) is 1.58. The van der Waals surface area contributed by atoms with Crippen LogP contribution in [0.3, 0.4) is 0 Å². The summed E-state index contributed by atoms with van der Waals surface area (Å²) in [6.45, 7) is 2.53. The van der Waals surface area contributed by atoms with Gasteiger partial charge in [-0.05, 0) is 24.6 Å². The number of urea groups is 1. The van der Waals surface area contributed by atoms with Crippen molar-refractivity contribution in [1.29, 1.82) is 0 Å². The topological polar surface area (TPSA) is 96.5 Å². The molecule has 0 atom stereocenters. The van der Waals surface area contributed by atoms with Crippen molar-refractivity contribution in [2.75, 3.05) is 26.0 Å². The maximum Gasteiger partial charge on any atom is 0.315 e. The monoisotopic (exact) mass is 333 g/mol. The molecule has 1 aromatic rings. The SMILES string of the molecule is CCOc1ccc(CNC(=O)NCCNS(C)(=O)=O)cc1F. The number of benzene rings is 1. The number of rotatable bonds is 8. The summed E-state index contributed by atoms with van der Waals surface area (Å²) in [5.74, 6) is -0.318. The van der Waals surface area contributed by atoms with E-state index in [1.165, 1.54) is 12.1 Å². The predicted molar refractivity (Wildman–Crippen MR) is 80.7 cm³/mol. The van der Waals surface area contributed by atoms with E-state index >= 15 is 0 Å². The molecule has 0 aliphatic rings. The van der Waals surface area contributed by atoms with E-state index in [0.29, 0.717) is 12.2 Å². The first-order valence-electron chi connectivity index (χ1n) is 6.69. The quantitative estimate of drug-likeness (QED) is 0.606. The van der Waals surface area contributed by atoms with Crippen molar-refractivity contribution in [1.82, 2.24) is 15.4 Å². The molecular weight excluding hydrogens is 313 g/mol. The molecule has 1 rings (SSSR count). The van der Waals surface area contributed by atoms with Crippen LogP contribution in [0.25, 0.3) is 0 Å². The molecule has 0 saturated carbocycles. The van der Waals surface area contributed by atoms with Crippen molar-refractivity contribution in [2.45, 2.75) is 13.5 Å². The van der Waals surface area contributed by atoms with Crippen LogP contribution >= 0.6 is 0 Å². The van der Waals surface area contributed by atoms with Gasteiger partial charge in [-0.15, -0.1) is 0 Å². The van der Waals surface area contributed by atoms with E-state index in [9.17, 15) is 17.6 Å². The molecular formula is C13H20FN3O4S. The highest BCUT2D eigenvalue weighted by atomic mass is 32.2. The van der Waals surface area contributed by atoms with E-state index < -0.39 is 21.9 Å². The molecule has 0 spiro atoms. The first-order valence-corrected chi connectivity index (χ1v) is 8.58. The van der Waals surface area contributed by atoms with Crippen LogP contribution in [0.1, 0.15) is 12.5 Å². The lowest BCUT2D eigenvalue weighted by Gasteiger charge is -2.09. The standard InChI is InChI=1S/C13H20FN3O4S/c1-3-21-12-5-4-10(8-11(12)14)9-16-13(18)15-6-7-17-22(2,19)20/h4-5,8,17H,3,6-7,9H2,1-2H3,(H2,15,16,18). The lowest BCUT2D eigenvalue weighted by molar-refractivity contribution is 0.240. The third kappa shape index (κ3) is 7.23. The Morgan fingerprint density at radius 2 is 2.00 bits per heavy atom. The summed E-state index contributed by atoms with van der Waals surface area (Å²) in [5.41, 5.74) is 0.588. The summed E-state index contributed by atoms with van der Waals surface area (Å²) >= 11 is 0. The van der Waals surface area contributed by atoms with Gasteiger partial charge < -0.3 is 15.4 Å². The number of hydrogen-bond acceptors (Lipinski definition) is 4. The van der Waals surface area contributed by atoms with Crippen LogP contribution in [0.15, 0.2) is 18.2 Å². The van der Waals surface area contributed by atoms with Crippen LogP contribution < -0.4 is 20.1 Å². The summed E-state index contributed by atoms with van der Waals surface area (Å²) in [5, 5.41) is 5.02. The maximum absolute atomic E-state index is 13.6. The van der Waals surface area contributed by atoms with Gasteiger partial charge in [0, 0.05) is 19.6 Å². The molecule has 124 valence electrons. The minimum Gasteiger partial charge on any atom is -0.491 e. The second-order valence-electron chi connectivity index (χ2n) is 4.47. The highest BCUT2D eigenvalue weighted by molar-refractivity contribution is 7.88. The highest BCUT2D eigenvalue weighted by Gasteiger charge is 2.06. The number of nitrogens with one attached hydrogen (secondary N) is 3. The Kier molecular flexibility index (Phi) is 7.06. The minimum absolute atomic E-state index is 0.101. The van der Waals surface area contributed by atoms with Crippen LogP contribution in [0.4, 0.5) is 9.18 Å². The molecule has 3 N–H and O–H groups in total. The van der Waals surface area contributed by atoms with E-state index in [2.05, 4.69) is 15.4 Å². The van der Waals surface area contributed by atoms with Gasteiger partial charge in [0.1, 0.15) is 0 Å². The maximum atomic E-state index is 13.6. The van der Waals surface area contributed by atoms with Gasteiger partial charge in [0.15, 0.2) is 11.6 Å². The van der Waals surface area contributed by atoms with Crippen LogP contribution in [0.5, 0.6) is 5.75 Å². The highest BCUT2D eigenvalue weighted by Crippen LogP contribution is 2.18. The van der Waals surface area contributed by atoms with Crippen molar-refractivity contribution in [3.05, 3.63) is 29.6 Å². The van der Waals surface area contributed by atoms with E-state index in [0.717, 1.165) is 6.26 Å². The molecule has 0 aliphatic carbocycles. The zero-order valence-electron chi connectivity index (χ0n) is 12.5. The van der Waals surface area contributed by atoms with Crippen LogP contribution in [-0.2, 0) is 16.6 Å². The van der Waals surface area contributed by atoms with Crippen LogP contribution in [-0.4, -0.2) is 40.4 Å². The minimum atomic E-state index is -3.27. The molecule has 0 radical (unpaired) electrons. The third-order valence-corrected chi connectivity index (χ3v) is 3.25. The third-order valence-electron chi connectivity index (χ3n) is 2.52. The number of halogens is 1. The predicted octanol–water partition coefficient (Wildman–Crippen LogP) is 0.573. The summed E-state index contributed by atoms with van der Waals surface area (Å²) in [7, 11) is -3.27. The lowest BCUT2D eigenvalue weighted by Crippen LogP contribution is -2.39. The number of amides is 2. The Hall–Kier alpha value is -1.87. The Labute approximate surface area is 129 Å². The zero-order chi connectivity index (χ0) is 16.6. The van der Waals surface area contributed by atoms with Gasteiger partial charge in [0.25, 0.3) is 0 Å². The van der Waals surface area contributed by atoms with E-state index in [1.807, 2.05) is 0 Å². The number of carbonyl (C=O) groups is 1. The van der Waals surface area contributed by atoms with Crippen molar-refractivity contribution >= 4 is 16.1 Å². The Bertz CT molecular complexity index is 607. The molecule has 9 heteroatoms. The molecule has 0 fully saturated rings. The second kappa shape index (κ2) is 8.54. The van der Waals surface area contributed by atoms with Crippen molar-refractivity contribution in [2.24, 2.45) is 0 Å². The Morgan fingerprint density at radius 1 is 1.27 bits per heavy atom. The largest absolute Gasteiger partial charge is 0.491 e. The molecule has 7 nitrogen and oxygen atoms in total. The van der Waals surface area contributed by atoms with Crippen molar-refractivity contribution in [3.8, 4) is 5.75 Å². The fraction of sp³-hybridized carbons (Fsp3) is 0.462. The second-order valence-corrected chi connectivity index (χ2v) is 6.31. The van der Waals surface area contributed by atoms with Gasteiger partial charge in [-0.2, -0.15) is 0 Å². The molecule has 22 heavy (non-hydrogen) atoms. The first kappa shape index (κ1) is 18.2. The Balaban J connectivity index is 2.33. The Morgan fingerprint density at radius 3 is 2.59 bits per heavy atom. The number of hydrogen-bond donors (Lipinski definition) is 3. The zero-order valence-corrected chi connectivity index (χ0v) is 13.3. The van der Waals surface area contributed by atoms with Crippen LogP contribution in [0.2, 0.25) is 0 Å². The van der Waals surface area contributed by atoms with Gasteiger partial charge in [-0.1, -0.05) is 6.07 Å². The summed E-state index contributed by atoms with van der Waals surface area (Å²) in [6, 6.07) is 3.98. The summed E-state index contributed by atoms with van der Waals surface area (Å²) in [6.07, 6.45) is 1.04. The van der Waals surface area contributed by atoms with Gasteiger partial charge in [0.2, 0.25) is 10.0 Å². The molecule has 0 bridgehead atoms. The molecule has 0 heterocycles.